The first-order chi connectivity index (χ1) is 7.62. The molecule has 5 heteroatoms. The number of rotatable bonds is 0. The zero-order valence-electron chi connectivity index (χ0n) is 8.51. The number of thiophene rings is 1. The molecule has 1 atom stereocenters. The molecule has 2 amide bonds. The molecule has 1 N–H and O–H groups in total. The van der Waals surface area contributed by atoms with Crippen molar-refractivity contribution in [1.82, 2.24) is 5.32 Å². The van der Waals surface area contributed by atoms with Gasteiger partial charge in [-0.15, -0.1) is 11.3 Å². The molecule has 1 spiro atoms. The van der Waals surface area contributed by atoms with Gasteiger partial charge in [0.15, 0.2) is 0 Å². The van der Waals surface area contributed by atoms with Crippen LogP contribution < -0.4 is 5.32 Å². The third-order valence-corrected chi connectivity index (χ3v) is 4.78. The van der Waals surface area contributed by atoms with Gasteiger partial charge in [-0.05, 0) is 30.9 Å². The first-order valence-corrected chi connectivity index (χ1v) is 6.44. The lowest BCUT2D eigenvalue weighted by atomic mass is 9.71. The fraction of sp³-hybridized carbons (Fsp3) is 0.455. The van der Waals surface area contributed by atoms with Crippen molar-refractivity contribution in [1.29, 1.82) is 0 Å². The average Bonchev–Trinajstić information content (AvgIpc) is 2.70. The Morgan fingerprint density at radius 3 is 2.94 bits per heavy atom. The van der Waals surface area contributed by atoms with Crippen molar-refractivity contribution in [2.45, 2.75) is 31.1 Å². The molecular weight excluding hydrogens is 246 g/mol. The van der Waals surface area contributed by atoms with Gasteiger partial charge in [-0.2, -0.15) is 0 Å². The van der Waals surface area contributed by atoms with Gasteiger partial charge < -0.3 is 0 Å². The minimum absolute atomic E-state index is 0.145. The molecule has 2 aliphatic rings. The van der Waals surface area contributed by atoms with E-state index >= 15 is 0 Å². The van der Waals surface area contributed by atoms with E-state index in [-0.39, 0.29) is 18.2 Å². The Kier molecular flexibility index (Phi) is 2.13. The first-order valence-electron chi connectivity index (χ1n) is 5.25. The maximum absolute atomic E-state index is 12.0. The molecule has 3 nitrogen and oxygen atoms in total. The minimum atomic E-state index is -0.617. The van der Waals surface area contributed by atoms with Crippen molar-refractivity contribution in [3.05, 3.63) is 20.8 Å². The van der Waals surface area contributed by atoms with Crippen LogP contribution in [-0.2, 0) is 21.4 Å². The van der Waals surface area contributed by atoms with E-state index in [1.54, 1.807) is 0 Å². The molecule has 1 saturated heterocycles. The smallest absolute Gasteiger partial charge is 0.237 e. The number of hydrogen-bond donors (Lipinski definition) is 1. The van der Waals surface area contributed by atoms with Crippen LogP contribution in [0.3, 0.4) is 0 Å². The summed E-state index contributed by atoms with van der Waals surface area (Å²) in [4.78, 5) is 24.5. The SMILES string of the molecule is O=C1CC2(CCCc3sc(Cl)cc32)C(=O)N1. The number of imide groups is 1. The summed E-state index contributed by atoms with van der Waals surface area (Å²) in [6.07, 6.45) is 2.96. The van der Waals surface area contributed by atoms with Crippen LogP contribution in [0.2, 0.25) is 4.34 Å². The van der Waals surface area contributed by atoms with Crippen molar-refractivity contribution < 1.29 is 9.59 Å². The van der Waals surface area contributed by atoms with Gasteiger partial charge in [0.2, 0.25) is 11.8 Å². The Morgan fingerprint density at radius 2 is 2.25 bits per heavy atom. The number of nitrogens with one attached hydrogen (secondary N) is 1. The normalized spacial score (nSPS) is 28.3. The Morgan fingerprint density at radius 1 is 1.44 bits per heavy atom. The van der Waals surface area contributed by atoms with Crippen LogP contribution in [0.4, 0.5) is 0 Å². The Hall–Kier alpha value is -0.870. The van der Waals surface area contributed by atoms with E-state index < -0.39 is 5.41 Å². The molecule has 84 valence electrons. The summed E-state index contributed by atoms with van der Waals surface area (Å²) in [6, 6.07) is 1.86. The molecule has 0 aromatic carbocycles. The number of hydrogen-bond acceptors (Lipinski definition) is 3. The molecule has 1 fully saturated rings. The van der Waals surface area contributed by atoms with Crippen LogP contribution in [0.5, 0.6) is 0 Å². The molecule has 1 unspecified atom stereocenters. The zero-order chi connectivity index (χ0) is 11.3. The Labute approximate surface area is 102 Å². The molecule has 0 radical (unpaired) electrons. The Balaban J connectivity index is 2.16. The van der Waals surface area contributed by atoms with Crippen LogP contribution in [0, 0.1) is 0 Å². The lowest BCUT2D eigenvalue weighted by molar-refractivity contribution is -0.126. The summed E-state index contributed by atoms with van der Waals surface area (Å²) < 4.78 is 0.707. The van der Waals surface area contributed by atoms with Gasteiger partial charge in [0.05, 0.1) is 9.75 Å². The van der Waals surface area contributed by atoms with E-state index in [1.165, 1.54) is 16.2 Å². The minimum Gasteiger partial charge on any atom is -0.296 e. The van der Waals surface area contributed by atoms with E-state index in [0.29, 0.717) is 4.34 Å². The molecule has 0 saturated carbocycles. The number of amides is 2. The van der Waals surface area contributed by atoms with E-state index in [4.69, 9.17) is 11.6 Å². The molecule has 1 aliphatic heterocycles. The molecule has 3 rings (SSSR count). The van der Waals surface area contributed by atoms with E-state index in [1.807, 2.05) is 6.07 Å². The highest BCUT2D eigenvalue weighted by atomic mass is 35.5. The fourth-order valence-electron chi connectivity index (χ4n) is 2.74. The zero-order valence-corrected chi connectivity index (χ0v) is 10.1. The van der Waals surface area contributed by atoms with Crippen LogP contribution in [0.15, 0.2) is 6.07 Å². The number of aryl methyl sites for hydroxylation is 1. The lowest BCUT2D eigenvalue weighted by Gasteiger charge is -2.29. The molecule has 1 aliphatic carbocycles. The topological polar surface area (TPSA) is 46.2 Å². The van der Waals surface area contributed by atoms with Crippen LogP contribution >= 0.6 is 22.9 Å². The van der Waals surface area contributed by atoms with Crippen molar-refractivity contribution in [2.75, 3.05) is 0 Å². The summed E-state index contributed by atoms with van der Waals surface area (Å²) in [5.74, 6) is -0.312. The monoisotopic (exact) mass is 255 g/mol. The number of fused-ring (bicyclic) bond motifs is 2. The molecule has 16 heavy (non-hydrogen) atoms. The van der Waals surface area contributed by atoms with Crippen LogP contribution in [0.1, 0.15) is 29.7 Å². The second kappa shape index (κ2) is 3.31. The summed E-state index contributed by atoms with van der Waals surface area (Å²) in [6.45, 7) is 0. The largest absolute Gasteiger partial charge is 0.296 e. The predicted molar refractivity (Wildman–Crippen MR) is 61.7 cm³/mol. The lowest BCUT2D eigenvalue weighted by Crippen LogP contribution is -2.37. The molecular formula is C11H10ClNO2S. The highest BCUT2D eigenvalue weighted by molar-refractivity contribution is 7.16. The van der Waals surface area contributed by atoms with Crippen molar-refractivity contribution >= 4 is 34.8 Å². The number of carbonyl (C=O) groups is 2. The van der Waals surface area contributed by atoms with Gasteiger partial charge in [0.25, 0.3) is 0 Å². The molecule has 2 heterocycles. The van der Waals surface area contributed by atoms with E-state index in [0.717, 1.165) is 24.8 Å². The number of halogens is 1. The summed E-state index contributed by atoms with van der Waals surface area (Å²) in [7, 11) is 0. The van der Waals surface area contributed by atoms with Crippen molar-refractivity contribution in [3.63, 3.8) is 0 Å². The van der Waals surface area contributed by atoms with Gasteiger partial charge in [0.1, 0.15) is 0 Å². The Bertz CT molecular complexity index is 496. The third kappa shape index (κ3) is 1.26. The predicted octanol–water partition coefficient (Wildman–Crippen LogP) is 2.02. The van der Waals surface area contributed by atoms with Crippen molar-refractivity contribution in [2.24, 2.45) is 0 Å². The summed E-state index contributed by atoms with van der Waals surface area (Å²) in [5.41, 5.74) is 0.367. The van der Waals surface area contributed by atoms with E-state index in [2.05, 4.69) is 5.32 Å². The quantitative estimate of drug-likeness (QED) is 0.721. The van der Waals surface area contributed by atoms with Gasteiger partial charge in [0, 0.05) is 11.3 Å². The van der Waals surface area contributed by atoms with Gasteiger partial charge in [-0.3, -0.25) is 14.9 Å². The molecule has 0 bridgehead atoms. The highest BCUT2D eigenvalue weighted by Crippen LogP contribution is 2.46. The maximum atomic E-state index is 12.0. The second-order valence-corrected chi connectivity index (χ2v) is 6.15. The van der Waals surface area contributed by atoms with Gasteiger partial charge in [-0.25, -0.2) is 0 Å². The second-order valence-electron chi connectivity index (χ2n) is 4.38. The first kappa shape index (κ1) is 10.3. The van der Waals surface area contributed by atoms with Gasteiger partial charge in [-0.1, -0.05) is 11.6 Å². The third-order valence-electron chi connectivity index (χ3n) is 3.45. The van der Waals surface area contributed by atoms with Crippen LogP contribution in [-0.4, -0.2) is 11.8 Å². The number of carbonyl (C=O) groups excluding carboxylic acids is 2. The fourth-order valence-corrected chi connectivity index (χ4v) is 4.15. The standard InChI is InChI=1S/C11H10ClNO2S/c12-8-4-6-7(16-8)2-1-3-11(6)5-9(14)13-10(11)15/h4H,1-3,5H2,(H,13,14,15). The average molecular weight is 256 g/mol. The summed E-state index contributed by atoms with van der Waals surface area (Å²) in [5, 5.41) is 2.41. The molecule has 1 aromatic rings. The summed E-state index contributed by atoms with van der Waals surface area (Å²) >= 11 is 7.53. The van der Waals surface area contributed by atoms with E-state index in [9.17, 15) is 9.59 Å². The molecule has 1 aromatic heterocycles. The van der Waals surface area contributed by atoms with Gasteiger partial charge >= 0.3 is 0 Å². The van der Waals surface area contributed by atoms with Crippen molar-refractivity contribution in [3.8, 4) is 0 Å². The highest BCUT2D eigenvalue weighted by Gasteiger charge is 2.50. The van der Waals surface area contributed by atoms with Crippen LogP contribution in [0.25, 0.3) is 0 Å². The maximum Gasteiger partial charge on any atom is 0.237 e.